The number of rotatable bonds is 3. The van der Waals surface area contributed by atoms with Gasteiger partial charge in [0.1, 0.15) is 5.82 Å². The topological polar surface area (TPSA) is 26.0 Å². The van der Waals surface area contributed by atoms with Crippen molar-refractivity contribution in [3.8, 4) is 0 Å². The van der Waals surface area contributed by atoms with E-state index in [1.807, 2.05) is 0 Å². The van der Waals surface area contributed by atoms with Gasteiger partial charge in [-0.3, -0.25) is 0 Å². The number of benzene rings is 2. The molecule has 0 aliphatic carbocycles. The second-order valence-corrected chi connectivity index (χ2v) is 5.87. The number of nitrogen functional groups attached to an aromatic ring is 1. The number of hydrogen-bond acceptors (Lipinski definition) is 2. The predicted molar refractivity (Wildman–Crippen MR) is 79.5 cm³/mol. The van der Waals surface area contributed by atoms with Gasteiger partial charge in [0.25, 0.3) is 0 Å². The molecule has 0 saturated heterocycles. The van der Waals surface area contributed by atoms with Gasteiger partial charge >= 0.3 is 0 Å². The van der Waals surface area contributed by atoms with Crippen LogP contribution in [0.5, 0.6) is 0 Å². The molecule has 0 amide bonds. The fourth-order valence-corrected chi connectivity index (χ4v) is 2.61. The molecule has 17 heavy (non-hydrogen) atoms. The van der Waals surface area contributed by atoms with Gasteiger partial charge in [-0.2, -0.15) is 0 Å². The summed E-state index contributed by atoms with van der Waals surface area (Å²) in [6, 6.07) is 13.0. The second kappa shape index (κ2) is 5.73. The molecule has 2 rings (SSSR count). The van der Waals surface area contributed by atoms with Crippen LogP contribution in [0.1, 0.15) is 5.56 Å². The smallest absolute Gasteiger partial charge is 0.138 e. The number of halogens is 2. The fraction of sp³-hybridized carbons (Fsp3) is 0.0769. The van der Waals surface area contributed by atoms with Crippen molar-refractivity contribution in [3.05, 3.63) is 57.4 Å². The highest BCUT2D eigenvalue weighted by Crippen LogP contribution is 2.26. The Hall–Kier alpha value is -0.750. The molecule has 0 atom stereocenters. The van der Waals surface area contributed by atoms with Crippen LogP contribution in [-0.4, -0.2) is 0 Å². The van der Waals surface area contributed by atoms with Crippen LogP contribution >= 0.6 is 34.4 Å². The Morgan fingerprint density at radius 2 is 1.82 bits per heavy atom. The lowest BCUT2D eigenvalue weighted by molar-refractivity contribution is 0.603. The number of nitrogens with two attached hydrogens (primary N) is 1. The SMILES string of the molecule is Nc1ccc(SCc2ccc(I)cc2)c(F)c1. The quantitative estimate of drug-likeness (QED) is 0.502. The van der Waals surface area contributed by atoms with E-state index in [9.17, 15) is 4.39 Å². The predicted octanol–water partition coefficient (Wildman–Crippen LogP) is 4.30. The van der Waals surface area contributed by atoms with E-state index in [1.165, 1.54) is 27.0 Å². The van der Waals surface area contributed by atoms with Crippen molar-refractivity contribution in [2.24, 2.45) is 0 Å². The molecule has 0 bridgehead atoms. The third-order valence-corrected chi connectivity index (χ3v) is 4.10. The van der Waals surface area contributed by atoms with Gasteiger partial charge in [-0.25, -0.2) is 4.39 Å². The molecule has 2 aromatic rings. The van der Waals surface area contributed by atoms with E-state index in [0.29, 0.717) is 10.6 Å². The Morgan fingerprint density at radius 1 is 1.12 bits per heavy atom. The maximum Gasteiger partial charge on any atom is 0.138 e. The van der Waals surface area contributed by atoms with Gasteiger partial charge in [0.15, 0.2) is 0 Å². The zero-order valence-corrected chi connectivity index (χ0v) is 12.0. The normalized spacial score (nSPS) is 10.5. The molecule has 0 unspecified atom stereocenters. The molecule has 1 nitrogen and oxygen atoms in total. The molecule has 0 aromatic heterocycles. The lowest BCUT2D eigenvalue weighted by atomic mass is 10.2. The second-order valence-electron chi connectivity index (χ2n) is 3.61. The standard InChI is InChI=1S/C13H11FINS/c14-12-7-11(16)5-6-13(12)17-8-9-1-3-10(15)4-2-9/h1-7H,8,16H2. The number of anilines is 1. The van der Waals surface area contributed by atoms with Crippen LogP contribution in [-0.2, 0) is 5.75 Å². The summed E-state index contributed by atoms with van der Waals surface area (Å²) < 4.78 is 14.7. The van der Waals surface area contributed by atoms with Crippen molar-refractivity contribution >= 4 is 40.0 Å². The molecular weight excluding hydrogens is 348 g/mol. The zero-order valence-electron chi connectivity index (χ0n) is 8.99. The Balaban J connectivity index is 2.04. The highest BCUT2D eigenvalue weighted by molar-refractivity contribution is 14.1. The molecule has 0 aliphatic rings. The number of thioether (sulfide) groups is 1. The molecule has 0 spiro atoms. The average Bonchev–Trinajstić information content (AvgIpc) is 2.30. The Bertz CT molecular complexity index is 513. The lowest BCUT2D eigenvalue weighted by Gasteiger charge is -2.04. The summed E-state index contributed by atoms with van der Waals surface area (Å²) in [7, 11) is 0. The molecule has 0 saturated carbocycles. The van der Waals surface area contributed by atoms with Gasteiger partial charge in [-0.05, 0) is 58.5 Å². The summed E-state index contributed by atoms with van der Waals surface area (Å²) in [4.78, 5) is 0.637. The molecule has 0 aliphatic heterocycles. The van der Waals surface area contributed by atoms with E-state index >= 15 is 0 Å². The van der Waals surface area contributed by atoms with Crippen LogP contribution < -0.4 is 5.73 Å². The van der Waals surface area contributed by atoms with Crippen molar-refractivity contribution < 1.29 is 4.39 Å². The van der Waals surface area contributed by atoms with Gasteiger partial charge in [-0.15, -0.1) is 11.8 Å². The summed E-state index contributed by atoms with van der Waals surface area (Å²) >= 11 is 3.75. The highest BCUT2D eigenvalue weighted by Gasteiger charge is 2.03. The zero-order chi connectivity index (χ0) is 12.3. The molecule has 88 valence electrons. The molecule has 2 N–H and O–H groups in total. The fourth-order valence-electron chi connectivity index (χ4n) is 1.38. The van der Waals surface area contributed by atoms with Crippen molar-refractivity contribution in [2.45, 2.75) is 10.6 Å². The van der Waals surface area contributed by atoms with Crippen LogP contribution in [0.4, 0.5) is 10.1 Å². The Kier molecular flexibility index (Phi) is 4.28. The molecule has 0 heterocycles. The van der Waals surface area contributed by atoms with Crippen molar-refractivity contribution in [1.82, 2.24) is 0 Å². The van der Waals surface area contributed by atoms with Gasteiger partial charge in [0.05, 0.1) is 0 Å². The van der Waals surface area contributed by atoms with E-state index in [4.69, 9.17) is 5.73 Å². The molecule has 0 radical (unpaired) electrons. The largest absolute Gasteiger partial charge is 0.399 e. The van der Waals surface area contributed by atoms with Gasteiger partial charge in [-0.1, -0.05) is 12.1 Å². The summed E-state index contributed by atoms with van der Waals surface area (Å²) in [6.45, 7) is 0. The maximum atomic E-state index is 13.5. The lowest BCUT2D eigenvalue weighted by Crippen LogP contribution is -1.88. The van der Waals surface area contributed by atoms with E-state index in [-0.39, 0.29) is 5.82 Å². The van der Waals surface area contributed by atoms with Gasteiger partial charge < -0.3 is 5.73 Å². The minimum absolute atomic E-state index is 0.250. The van der Waals surface area contributed by atoms with Crippen LogP contribution in [0.15, 0.2) is 47.4 Å². The van der Waals surface area contributed by atoms with E-state index in [2.05, 4.69) is 46.9 Å². The summed E-state index contributed by atoms with van der Waals surface area (Å²) in [5.41, 5.74) is 7.15. The van der Waals surface area contributed by atoms with Crippen LogP contribution in [0.2, 0.25) is 0 Å². The Morgan fingerprint density at radius 3 is 2.47 bits per heavy atom. The first-order valence-electron chi connectivity index (χ1n) is 5.07. The van der Waals surface area contributed by atoms with E-state index in [1.54, 1.807) is 12.1 Å². The average molecular weight is 359 g/mol. The Labute approximate surface area is 118 Å². The van der Waals surface area contributed by atoms with Gasteiger partial charge in [0.2, 0.25) is 0 Å². The number of hydrogen-bond donors (Lipinski definition) is 1. The molecule has 0 fully saturated rings. The van der Waals surface area contributed by atoms with Crippen molar-refractivity contribution in [2.75, 3.05) is 5.73 Å². The monoisotopic (exact) mass is 359 g/mol. The minimum Gasteiger partial charge on any atom is -0.399 e. The maximum absolute atomic E-state index is 13.5. The molecule has 2 aromatic carbocycles. The van der Waals surface area contributed by atoms with Crippen LogP contribution in [0.25, 0.3) is 0 Å². The molecular formula is C13H11FINS. The third kappa shape index (κ3) is 3.61. The van der Waals surface area contributed by atoms with Crippen LogP contribution in [0.3, 0.4) is 0 Å². The van der Waals surface area contributed by atoms with E-state index in [0.717, 1.165) is 5.75 Å². The van der Waals surface area contributed by atoms with Crippen molar-refractivity contribution in [3.63, 3.8) is 0 Å². The first kappa shape index (κ1) is 12.7. The third-order valence-electron chi connectivity index (χ3n) is 2.26. The van der Waals surface area contributed by atoms with Gasteiger partial charge in [0, 0.05) is 19.9 Å². The molecule has 4 heteroatoms. The first-order chi connectivity index (χ1) is 8.15. The summed E-state index contributed by atoms with van der Waals surface area (Å²) in [6.07, 6.45) is 0. The van der Waals surface area contributed by atoms with E-state index < -0.39 is 0 Å². The first-order valence-corrected chi connectivity index (χ1v) is 7.14. The highest BCUT2D eigenvalue weighted by atomic mass is 127. The van der Waals surface area contributed by atoms with Crippen LogP contribution in [0, 0.1) is 9.39 Å². The van der Waals surface area contributed by atoms with Crippen molar-refractivity contribution in [1.29, 1.82) is 0 Å². The summed E-state index contributed by atoms with van der Waals surface area (Å²) in [5.74, 6) is 0.512. The summed E-state index contributed by atoms with van der Waals surface area (Å²) in [5, 5.41) is 0. The minimum atomic E-state index is -0.250.